The molecule has 1 aromatic carbocycles. The predicted molar refractivity (Wildman–Crippen MR) is 76.1 cm³/mol. The van der Waals surface area contributed by atoms with E-state index >= 15 is 0 Å². The highest BCUT2D eigenvalue weighted by Crippen LogP contribution is 2.34. The van der Waals surface area contributed by atoms with Gasteiger partial charge in [0.25, 0.3) is 0 Å². The quantitative estimate of drug-likeness (QED) is 0.641. The van der Waals surface area contributed by atoms with E-state index in [0.29, 0.717) is 12.4 Å². The predicted octanol–water partition coefficient (Wildman–Crippen LogP) is 2.28. The van der Waals surface area contributed by atoms with Gasteiger partial charge in [0.15, 0.2) is 11.3 Å². The van der Waals surface area contributed by atoms with E-state index in [0.717, 1.165) is 10.9 Å². The van der Waals surface area contributed by atoms with Crippen molar-refractivity contribution in [3.63, 3.8) is 0 Å². The lowest BCUT2D eigenvalue weighted by Crippen LogP contribution is -2.52. The molecule has 108 valence electrons. The van der Waals surface area contributed by atoms with Gasteiger partial charge in [-0.25, -0.2) is 0 Å². The summed E-state index contributed by atoms with van der Waals surface area (Å²) < 4.78 is 12.2. The number of hydrogen-bond donors (Lipinski definition) is 0. The molecule has 2 aromatic rings. The fraction of sp³-hybridized carbons (Fsp3) is 0.429. The van der Waals surface area contributed by atoms with Gasteiger partial charge in [-0.15, -0.1) is 0 Å². The summed E-state index contributed by atoms with van der Waals surface area (Å²) in [6, 6.07) is 7.60. The summed E-state index contributed by atoms with van der Waals surface area (Å²) in [6.07, 6.45) is 1.76. The number of hydrogen-bond acceptors (Lipinski definition) is 4. The Kier molecular flexibility index (Phi) is 4.53. The normalized spacial score (nSPS) is 13.4. The molecule has 0 saturated carbocycles. The van der Waals surface area contributed by atoms with E-state index in [1.807, 2.05) is 45.0 Å². The van der Waals surface area contributed by atoms with Crippen LogP contribution in [0.25, 0.3) is 10.9 Å². The highest BCUT2D eigenvalue weighted by Gasteiger charge is 2.26. The zero-order valence-corrected chi connectivity index (χ0v) is 13.1. The van der Waals surface area contributed by atoms with Crippen LogP contribution in [0.4, 0.5) is 0 Å². The van der Waals surface area contributed by atoms with E-state index in [1.165, 1.54) is 0 Å². The lowest BCUT2D eigenvalue weighted by Gasteiger charge is -2.22. The Labute approximate surface area is 120 Å². The van der Waals surface area contributed by atoms with E-state index in [-0.39, 0.29) is 5.54 Å². The Morgan fingerprint density at radius 2 is 2.00 bits per heavy atom. The van der Waals surface area contributed by atoms with Crippen LogP contribution in [0.5, 0.6) is 5.75 Å². The van der Waals surface area contributed by atoms with Crippen LogP contribution < -0.4 is 14.1 Å². The first-order valence-electron chi connectivity index (χ1n) is 6.52. The smallest absolute Gasteiger partial charge is 0.239 e. The van der Waals surface area contributed by atoms with Crippen LogP contribution in [0.1, 0.15) is 27.7 Å². The van der Waals surface area contributed by atoms with Crippen molar-refractivity contribution in [2.24, 2.45) is 0 Å². The molecule has 0 radical (unpaired) electrons. The second-order valence-corrected chi connectivity index (χ2v) is 6.25. The summed E-state index contributed by atoms with van der Waals surface area (Å²) in [5.41, 5.74) is 0.596. The number of nitrogens with zero attached hydrogens (tertiary/aromatic N) is 2. The largest absolute Gasteiger partial charge is 0.776 e. The first-order valence-corrected chi connectivity index (χ1v) is 7.61. The van der Waals surface area contributed by atoms with Crippen LogP contribution in [0.2, 0.25) is 0 Å². The fourth-order valence-electron chi connectivity index (χ4n) is 1.72. The highest BCUT2D eigenvalue weighted by molar-refractivity contribution is 7.39. The summed E-state index contributed by atoms with van der Waals surface area (Å²) in [7, 11) is -2.17. The molecule has 5 nitrogen and oxygen atoms in total. The van der Waals surface area contributed by atoms with Gasteiger partial charge in [-0.05, 0) is 19.1 Å². The molecular weight excluding hydrogens is 275 g/mol. The Morgan fingerprint density at radius 1 is 1.30 bits per heavy atom. The lowest BCUT2D eigenvalue weighted by molar-refractivity contribution is -0.804. The van der Waals surface area contributed by atoms with Crippen molar-refractivity contribution >= 4 is 19.5 Å². The fourth-order valence-corrected chi connectivity index (χ4v) is 2.29. The van der Waals surface area contributed by atoms with Gasteiger partial charge in [0.2, 0.25) is 6.20 Å². The van der Waals surface area contributed by atoms with Gasteiger partial charge in [-0.1, -0.05) is 16.8 Å². The van der Waals surface area contributed by atoms with Gasteiger partial charge in [0.05, 0.1) is 12.0 Å². The Morgan fingerprint density at radius 3 is 2.65 bits per heavy atom. The van der Waals surface area contributed by atoms with Crippen molar-refractivity contribution in [3.05, 3.63) is 30.5 Å². The molecule has 0 spiro atoms. The molecular formula is C14H19N2O3P. The van der Waals surface area contributed by atoms with Crippen molar-refractivity contribution in [3.8, 4) is 5.75 Å². The maximum atomic E-state index is 11.7. The van der Waals surface area contributed by atoms with Crippen molar-refractivity contribution in [1.82, 2.24) is 5.10 Å². The Bertz CT molecular complexity index is 598. The highest BCUT2D eigenvalue weighted by atomic mass is 31.2. The molecule has 1 heterocycles. The molecule has 6 heteroatoms. The van der Waals surface area contributed by atoms with Gasteiger partial charge < -0.3 is 13.9 Å². The molecule has 0 aliphatic heterocycles. The maximum absolute atomic E-state index is 11.7. The zero-order valence-electron chi connectivity index (χ0n) is 12.2. The SMILES string of the molecule is CCOP([O-])Oc1c[n+](C(C)(C)C)nc2ccccc12. The topological polar surface area (TPSA) is 58.3 Å². The van der Waals surface area contributed by atoms with E-state index in [9.17, 15) is 4.89 Å². The molecule has 0 N–H and O–H groups in total. The maximum Gasteiger partial charge on any atom is 0.239 e. The molecule has 2 rings (SSSR count). The summed E-state index contributed by atoms with van der Waals surface area (Å²) >= 11 is 0. The number of rotatable bonds is 4. The molecule has 20 heavy (non-hydrogen) atoms. The van der Waals surface area contributed by atoms with E-state index in [1.54, 1.807) is 17.8 Å². The van der Waals surface area contributed by atoms with Crippen LogP contribution in [0, 0.1) is 0 Å². The molecule has 0 amide bonds. The summed E-state index contributed by atoms with van der Waals surface area (Å²) in [6.45, 7) is 8.25. The third kappa shape index (κ3) is 3.42. The van der Waals surface area contributed by atoms with Crippen LogP contribution in [0.3, 0.4) is 0 Å². The average molecular weight is 294 g/mol. The molecule has 0 fully saturated rings. The first-order chi connectivity index (χ1) is 9.41. The van der Waals surface area contributed by atoms with E-state index < -0.39 is 8.60 Å². The van der Waals surface area contributed by atoms with Gasteiger partial charge in [0.1, 0.15) is 14.1 Å². The minimum absolute atomic E-state index is 0.195. The van der Waals surface area contributed by atoms with Gasteiger partial charge >= 0.3 is 0 Å². The van der Waals surface area contributed by atoms with Crippen molar-refractivity contribution in [2.45, 2.75) is 33.2 Å². The number of fused-ring (bicyclic) bond motifs is 1. The second-order valence-electron chi connectivity index (χ2n) is 5.36. The van der Waals surface area contributed by atoms with Crippen molar-refractivity contribution < 1.29 is 18.6 Å². The van der Waals surface area contributed by atoms with Gasteiger partial charge in [-0.2, -0.15) is 0 Å². The Balaban J connectivity index is 2.49. The third-order valence-corrected chi connectivity index (χ3v) is 3.53. The monoisotopic (exact) mass is 294 g/mol. The second kappa shape index (κ2) is 6.00. The molecule has 0 aliphatic rings. The summed E-state index contributed by atoms with van der Waals surface area (Å²) in [5, 5.41) is 5.38. The average Bonchev–Trinajstić information content (AvgIpc) is 2.37. The summed E-state index contributed by atoms with van der Waals surface area (Å²) in [4.78, 5) is 11.7. The molecule has 1 aromatic heterocycles. The van der Waals surface area contributed by atoms with Gasteiger partial charge in [-0.3, -0.25) is 0 Å². The minimum atomic E-state index is -2.17. The summed E-state index contributed by atoms with van der Waals surface area (Å²) in [5.74, 6) is 0.514. The minimum Gasteiger partial charge on any atom is -0.776 e. The van der Waals surface area contributed by atoms with Crippen LogP contribution >= 0.6 is 8.60 Å². The molecule has 0 aliphatic carbocycles. The van der Waals surface area contributed by atoms with Crippen LogP contribution in [0.15, 0.2) is 30.5 Å². The van der Waals surface area contributed by atoms with Crippen LogP contribution in [-0.4, -0.2) is 11.7 Å². The van der Waals surface area contributed by atoms with Crippen molar-refractivity contribution in [1.29, 1.82) is 0 Å². The standard InChI is InChI=1S/C14H19N2O3P/c1-5-18-20(17)19-13-10-16(14(2,3)4)15-12-9-7-6-8-11(12)13/h6-10H,5H2,1-4H3. The van der Waals surface area contributed by atoms with Crippen molar-refractivity contribution in [2.75, 3.05) is 6.61 Å². The Hall–Kier alpha value is -1.29. The van der Waals surface area contributed by atoms with E-state index in [4.69, 9.17) is 9.05 Å². The van der Waals surface area contributed by atoms with E-state index in [2.05, 4.69) is 5.10 Å². The van der Waals surface area contributed by atoms with Crippen LogP contribution in [-0.2, 0) is 10.1 Å². The molecule has 1 unspecified atom stereocenters. The number of aromatic nitrogens is 2. The molecule has 1 atom stereocenters. The van der Waals surface area contributed by atoms with Gasteiger partial charge in [0, 0.05) is 25.9 Å². The zero-order chi connectivity index (χ0) is 14.8. The third-order valence-electron chi connectivity index (χ3n) is 2.72. The number of benzene rings is 1. The molecule has 0 bridgehead atoms. The lowest BCUT2D eigenvalue weighted by atomic mass is 10.1. The first kappa shape index (κ1) is 15.1. The molecule has 0 saturated heterocycles.